The number of carbonyl (C=O) groups excluding carboxylic acids is 1. The summed E-state index contributed by atoms with van der Waals surface area (Å²) in [7, 11) is 0. The third-order valence-electron chi connectivity index (χ3n) is 2.41. The second-order valence-corrected chi connectivity index (χ2v) is 6.31. The molecule has 1 rings (SSSR count). The molecule has 0 saturated carbocycles. The van der Waals surface area contributed by atoms with Crippen LogP contribution in [0.2, 0.25) is 0 Å². The molecule has 0 fully saturated rings. The average molecular weight is 313 g/mol. The van der Waals surface area contributed by atoms with Crippen molar-refractivity contribution < 1.29 is 4.79 Å². The Bertz CT molecular complexity index is 395. The monoisotopic (exact) mass is 312 g/mol. The normalized spacial score (nSPS) is 11.1. The minimum Gasteiger partial charge on any atom is -0.338 e. The molecule has 0 saturated heterocycles. The molecule has 0 atom stereocenters. The smallest absolute Gasteiger partial charge is 0.255 e. The van der Waals surface area contributed by atoms with Gasteiger partial charge in [0.1, 0.15) is 0 Å². The summed E-state index contributed by atoms with van der Waals surface area (Å²) in [5.74, 6) is 0.992. The predicted molar refractivity (Wildman–Crippen MR) is 77.5 cm³/mol. The van der Waals surface area contributed by atoms with Crippen LogP contribution in [0.5, 0.6) is 0 Å². The van der Waals surface area contributed by atoms with E-state index >= 15 is 0 Å². The summed E-state index contributed by atoms with van der Waals surface area (Å²) in [6, 6.07) is 1.82. The fourth-order valence-corrected chi connectivity index (χ4v) is 2.20. The second kappa shape index (κ2) is 6.88. The quantitative estimate of drug-likeness (QED) is 0.832. The van der Waals surface area contributed by atoms with Crippen molar-refractivity contribution in [3.05, 3.63) is 28.5 Å². The molecular weight excluding hydrogens is 292 g/mol. The Morgan fingerprint density at radius 3 is 2.22 bits per heavy atom. The number of hydrogen-bond donors (Lipinski definition) is 0. The topological polar surface area (TPSA) is 33.2 Å². The molecule has 3 nitrogen and oxygen atoms in total. The maximum absolute atomic E-state index is 12.4. The van der Waals surface area contributed by atoms with Gasteiger partial charge in [0.15, 0.2) is 0 Å². The predicted octanol–water partition coefficient (Wildman–Crippen LogP) is 3.60. The molecule has 0 N–H and O–H groups in total. The first-order chi connectivity index (χ1) is 8.40. The van der Waals surface area contributed by atoms with Crippen LogP contribution in [-0.4, -0.2) is 28.9 Å². The van der Waals surface area contributed by atoms with E-state index in [1.165, 1.54) is 0 Å². The van der Waals surface area contributed by atoms with Crippen molar-refractivity contribution in [3.63, 3.8) is 0 Å². The average Bonchev–Trinajstić information content (AvgIpc) is 2.26. The van der Waals surface area contributed by atoms with Gasteiger partial charge in [0.25, 0.3) is 5.91 Å². The summed E-state index contributed by atoms with van der Waals surface area (Å²) in [5, 5.41) is 0. The van der Waals surface area contributed by atoms with Crippen LogP contribution < -0.4 is 0 Å². The van der Waals surface area contributed by atoms with E-state index in [1.807, 2.05) is 11.0 Å². The van der Waals surface area contributed by atoms with Gasteiger partial charge >= 0.3 is 0 Å². The molecule has 1 aromatic rings. The fourth-order valence-electron chi connectivity index (χ4n) is 1.83. The van der Waals surface area contributed by atoms with E-state index in [0.29, 0.717) is 17.4 Å². The van der Waals surface area contributed by atoms with Crippen molar-refractivity contribution in [3.8, 4) is 0 Å². The Labute approximate surface area is 118 Å². The molecule has 0 aliphatic rings. The van der Waals surface area contributed by atoms with Crippen molar-refractivity contribution in [2.24, 2.45) is 11.8 Å². The lowest BCUT2D eigenvalue weighted by Gasteiger charge is -2.26. The van der Waals surface area contributed by atoms with Crippen LogP contribution in [-0.2, 0) is 0 Å². The number of halogens is 1. The van der Waals surface area contributed by atoms with Gasteiger partial charge in [-0.15, -0.1) is 0 Å². The lowest BCUT2D eigenvalue weighted by atomic mass is 10.1. The molecule has 0 aliphatic carbocycles. The van der Waals surface area contributed by atoms with Gasteiger partial charge in [0.2, 0.25) is 0 Å². The molecular formula is C14H21BrN2O. The highest BCUT2D eigenvalue weighted by Crippen LogP contribution is 2.14. The van der Waals surface area contributed by atoms with E-state index < -0.39 is 0 Å². The van der Waals surface area contributed by atoms with Crippen molar-refractivity contribution in [1.29, 1.82) is 0 Å². The van der Waals surface area contributed by atoms with Gasteiger partial charge in [-0.2, -0.15) is 0 Å². The summed E-state index contributed by atoms with van der Waals surface area (Å²) in [4.78, 5) is 18.4. The van der Waals surface area contributed by atoms with E-state index in [4.69, 9.17) is 0 Å². The van der Waals surface area contributed by atoms with Crippen LogP contribution in [0.3, 0.4) is 0 Å². The highest BCUT2D eigenvalue weighted by atomic mass is 79.9. The SMILES string of the molecule is CC(C)CN(CC(C)C)C(=O)c1cncc(Br)c1. The number of pyridine rings is 1. The number of carbonyl (C=O) groups is 1. The van der Waals surface area contributed by atoms with Crippen LogP contribution in [0.1, 0.15) is 38.1 Å². The highest BCUT2D eigenvalue weighted by molar-refractivity contribution is 9.10. The molecule has 1 aromatic heterocycles. The Balaban J connectivity index is 2.87. The first-order valence-corrected chi connectivity index (χ1v) is 7.09. The highest BCUT2D eigenvalue weighted by Gasteiger charge is 2.18. The van der Waals surface area contributed by atoms with E-state index in [-0.39, 0.29) is 5.91 Å². The van der Waals surface area contributed by atoms with Crippen molar-refractivity contribution in [1.82, 2.24) is 9.88 Å². The van der Waals surface area contributed by atoms with Gasteiger partial charge in [-0.1, -0.05) is 27.7 Å². The van der Waals surface area contributed by atoms with Crippen LogP contribution in [0, 0.1) is 11.8 Å². The molecule has 1 amide bonds. The van der Waals surface area contributed by atoms with Crippen LogP contribution in [0.4, 0.5) is 0 Å². The largest absolute Gasteiger partial charge is 0.338 e. The number of amides is 1. The van der Waals surface area contributed by atoms with Crippen LogP contribution >= 0.6 is 15.9 Å². The minimum atomic E-state index is 0.0613. The first-order valence-electron chi connectivity index (χ1n) is 6.30. The molecule has 0 unspecified atom stereocenters. The summed E-state index contributed by atoms with van der Waals surface area (Å²) >= 11 is 3.35. The maximum Gasteiger partial charge on any atom is 0.255 e. The number of nitrogens with zero attached hydrogens (tertiary/aromatic N) is 2. The Hall–Kier alpha value is -0.900. The molecule has 18 heavy (non-hydrogen) atoms. The summed E-state index contributed by atoms with van der Waals surface area (Å²) in [6.45, 7) is 10.1. The van der Waals surface area contributed by atoms with E-state index in [1.54, 1.807) is 12.4 Å². The molecule has 0 aliphatic heterocycles. The number of rotatable bonds is 5. The summed E-state index contributed by atoms with van der Waals surface area (Å²) in [6.07, 6.45) is 3.31. The van der Waals surface area contributed by atoms with E-state index in [0.717, 1.165) is 17.6 Å². The number of hydrogen-bond acceptors (Lipinski definition) is 2. The molecule has 0 bridgehead atoms. The molecule has 100 valence electrons. The molecule has 0 aromatic carbocycles. The van der Waals surface area contributed by atoms with Crippen molar-refractivity contribution >= 4 is 21.8 Å². The van der Waals surface area contributed by atoms with Gasteiger partial charge in [0.05, 0.1) is 5.56 Å². The van der Waals surface area contributed by atoms with Gasteiger partial charge in [0, 0.05) is 30.0 Å². The van der Waals surface area contributed by atoms with Crippen molar-refractivity contribution in [2.45, 2.75) is 27.7 Å². The molecule has 4 heteroatoms. The zero-order valence-electron chi connectivity index (χ0n) is 11.5. The first kappa shape index (κ1) is 15.2. The molecule has 0 radical (unpaired) electrons. The Morgan fingerprint density at radius 1 is 1.22 bits per heavy atom. The second-order valence-electron chi connectivity index (χ2n) is 5.39. The van der Waals surface area contributed by atoms with Crippen LogP contribution in [0.25, 0.3) is 0 Å². The number of aromatic nitrogens is 1. The zero-order valence-corrected chi connectivity index (χ0v) is 13.1. The van der Waals surface area contributed by atoms with E-state index in [9.17, 15) is 4.79 Å². The Morgan fingerprint density at radius 2 is 1.78 bits per heavy atom. The van der Waals surface area contributed by atoms with Gasteiger partial charge < -0.3 is 4.90 Å². The summed E-state index contributed by atoms with van der Waals surface area (Å²) in [5.41, 5.74) is 0.644. The van der Waals surface area contributed by atoms with Gasteiger partial charge in [-0.05, 0) is 33.8 Å². The van der Waals surface area contributed by atoms with E-state index in [2.05, 4.69) is 48.6 Å². The van der Waals surface area contributed by atoms with Gasteiger partial charge in [-0.3, -0.25) is 9.78 Å². The zero-order chi connectivity index (χ0) is 13.7. The fraction of sp³-hybridized carbons (Fsp3) is 0.571. The third kappa shape index (κ3) is 4.77. The lowest BCUT2D eigenvalue weighted by Crippen LogP contribution is -2.37. The lowest BCUT2D eigenvalue weighted by molar-refractivity contribution is 0.0714. The van der Waals surface area contributed by atoms with Gasteiger partial charge in [-0.25, -0.2) is 0 Å². The Kier molecular flexibility index (Phi) is 5.79. The minimum absolute atomic E-state index is 0.0613. The summed E-state index contributed by atoms with van der Waals surface area (Å²) < 4.78 is 0.836. The molecule has 0 spiro atoms. The molecule has 1 heterocycles. The third-order valence-corrected chi connectivity index (χ3v) is 2.84. The van der Waals surface area contributed by atoms with Crippen molar-refractivity contribution in [2.75, 3.05) is 13.1 Å². The maximum atomic E-state index is 12.4. The van der Waals surface area contributed by atoms with Crippen LogP contribution in [0.15, 0.2) is 22.9 Å². The standard InChI is InChI=1S/C14H21BrN2O/c1-10(2)8-17(9-11(3)4)14(18)12-5-13(15)7-16-6-12/h5-7,10-11H,8-9H2,1-4H3.